The number of amides is 4. The van der Waals surface area contributed by atoms with Crippen LogP contribution in [0, 0.1) is 0 Å². The van der Waals surface area contributed by atoms with E-state index in [0.29, 0.717) is 5.69 Å². The maximum absolute atomic E-state index is 12.6. The molecule has 0 saturated heterocycles. The quantitative estimate of drug-likeness (QED) is 0.826. The highest BCUT2D eigenvalue weighted by atomic mass is 16.2. The van der Waals surface area contributed by atoms with Crippen molar-refractivity contribution < 1.29 is 19.2 Å². The van der Waals surface area contributed by atoms with Gasteiger partial charge in [0.05, 0.1) is 23.2 Å². The SMILES string of the molecule is CCN1C(=O)c2ccc(C(=O)NC3=NN(c4ccccc4)C(=O)C3)cc2C1=O. The van der Waals surface area contributed by atoms with E-state index in [1.165, 1.54) is 23.2 Å². The van der Waals surface area contributed by atoms with Crippen LogP contribution in [0.5, 0.6) is 0 Å². The Hall–Kier alpha value is -3.81. The molecule has 0 aliphatic carbocycles. The first-order valence-electron chi connectivity index (χ1n) is 8.76. The number of carbonyl (C=O) groups excluding carboxylic acids is 4. The molecule has 0 spiro atoms. The Labute approximate surface area is 160 Å². The van der Waals surface area contributed by atoms with Crippen LogP contribution in [0.2, 0.25) is 0 Å². The summed E-state index contributed by atoms with van der Waals surface area (Å²) >= 11 is 0. The lowest BCUT2D eigenvalue weighted by atomic mass is 10.1. The minimum Gasteiger partial charge on any atom is -0.308 e. The molecule has 0 atom stereocenters. The minimum absolute atomic E-state index is 0.0351. The van der Waals surface area contributed by atoms with Gasteiger partial charge in [-0.1, -0.05) is 18.2 Å². The third-order valence-corrected chi connectivity index (χ3v) is 4.58. The third-order valence-electron chi connectivity index (χ3n) is 4.58. The number of nitrogens with zero attached hydrogens (tertiary/aromatic N) is 3. The molecule has 8 nitrogen and oxygen atoms in total. The fraction of sp³-hybridized carbons (Fsp3) is 0.150. The van der Waals surface area contributed by atoms with Gasteiger partial charge in [-0.3, -0.25) is 24.1 Å². The molecule has 0 radical (unpaired) electrons. The Kier molecular flexibility index (Phi) is 4.23. The number of rotatable bonds is 3. The van der Waals surface area contributed by atoms with Gasteiger partial charge in [-0.2, -0.15) is 10.1 Å². The summed E-state index contributed by atoms with van der Waals surface area (Å²) in [5.41, 5.74) is 1.31. The first kappa shape index (κ1) is 17.6. The van der Waals surface area contributed by atoms with Gasteiger partial charge in [-0.05, 0) is 37.3 Å². The van der Waals surface area contributed by atoms with Gasteiger partial charge in [-0.15, -0.1) is 0 Å². The Morgan fingerprint density at radius 1 is 1.04 bits per heavy atom. The van der Waals surface area contributed by atoms with E-state index in [9.17, 15) is 19.2 Å². The van der Waals surface area contributed by atoms with Crippen LogP contribution < -0.4 is 10.3 Å². The first-order chi connectivity index (χ1) is 13.5. The smallest absolute Gasteiger partial charge is 0.261 e. The lowest BCUT2D eigenvalue weighted by Crippen LogP contribution is -2.30. The van der Waals surface area contributed by atoms with Gasteiger partial charge in [0.1, 0.15) is 5.84 Å². The van der Waals surface area contributed by atoms with E-state index in [1.807, 2.05) is 6.07 Å². The standard InChI is InChI=1S/C20H16N4O4/c1-2-23-19(27)14-9-8-12(10-15(14)20(23)28)18(26)21-16-11-17(25)24(22-16)13-6-4-3-5-7-13/h3-10H,2,11H2,1H3,(H,21,22,26). The van der Waals surface area contributed by atoms with Gasteiger partial charge in [0.15, 0.2) is 0 Å². The van der Waals surface area contributed by atoms with Crippen molar-refractivity contribution in [2.75, 3.05) is 11.6 Å². The molecule has 4 amide bonds. The van der Waals surface area contributed by atoms with Crippen molar-refractivity contribution in [3.63, 3.8) is 0 Å². The third kappa shape index (κ3) is 2.84. The first-order valence-corrected chi connectivity index (χ1v) is 8.76. The van der Waals surface area contributed by atoms with Gasteiger partial charge in [0.2, 0.25) is 0 Å². The average Bonchev–Trinajstić information content (AvgIpc) is 3.19. The fourth-order valence-corrected chi connectivity index (χ4v) is 3.19. The fourth-order valence-electron chi connectivity index (χ4n) is 3.19. The highest BCUT2D eigenvalue weighted by Gasteiger charge is 2.35. The number of imide groups is 1. The van der Waals surface area contributed by atoms with Gasteiger partial charge in [0, 0.05) is 12.1 Å². The second-order valence-corrected chi connectivity index (χ2v) is 6.33. The van der Waals surface area contributed by atoms with Gasteiger partial charge in [0.25, 0.3) is 23.6 Å². The molecule has 140 valence electrons. The molecule has 28 heavy (non-hydrogen) atoms. The van der Waals surface area contributed by atoms with E-state index in [1.54, 1.807) is 31.2 Å². The molecule has 2 aliphatic rings. The van der Waals surface area contributed by atoms with Crippen LogP contribution in [0.15, 0.2) is 53.6 Å². The van der Waals surface area contributed by atoms with Crippen molar-refractivity contribution in [1.29, 1.82) is 0 Å². The Morgan fingerprint density at radius 2 is 1.75 bits per heavy atom. The van der Waals surface area contributed by atoms with Gasteiger partial charge < -0.3 is 5.32 Å². The van der Waals surface area contributed by atoms with Crippen LogP contribution in [0.25, 0.3) is 0 Å². The summed E-state index contributed by atoms with van der Waals surface area (Å²) in [5.74, 6) is -1.31. The summed E-state index contributed by atoms with van der Waals surface area (Å²) < 4.78 is 0. The number of para-hydroxylation sites is 1. The van der Waals surface area contributed by atoms with Crippen molar-refractivity contribution in [3.8, 4) is 0 Å². The molecule has 0 aromatic heterocycles. The van der Waals surface area contributed by atoms with E-state index in [2.05, 4.69) is 10.4 Å². The zero-order chi connectivity index (χ0) is 19.8. The van der Waals surface area contributed by atoms with Crippen molar-refractivity contribution in [2.45, 2.75) is 13.3 Å². The monoisotopic (exact) mass is 376 g/mol. The molecule has 2 aromatic rings. The Morgan fingerprint density at radius 3 is 2.46 bits per heavy atom. The minimum atomic E-state index is -0.501. The van der Waals surface area contributed by atoms with Gasteiger partial charge >= 0.3 is 0 Å². The average molecular weight is 376 g/mol. The van der Waals surface area contributed by atoms with E-state index in [4.69, 9.17) is 0 Å². The normalized spacial score (nSPS) is 15.8. The largest absolute Gasteiger partial charge is 0.308 e. The van der Waals surface area contributed by atoms with E-state index >= 15 is 0 Å². The number of fused-ring (bicyclic) bond motifs is 1. The molecular weight excluding hydrogens is 360 g/mol. The number of hydrogen-bond acceptors (Lipinski definition) is 5. The summed E-state index contributed by atoms with van der Waals surface area (Å²) in [4.78, 5) is 50.3. The van der Waals surface area contributed by atoms with Crippen LogP contribution in [0.4, 0.5) is 5.69 Å². The van der Waals surface area contributed by atoms with Crippen molar-refractivity contribution >= 4 is 35.2 Å². The lowest BCUT2D eigenvalue weighted by Gasteiger charge is -2.10. The molecule has 0 bridgehead atoms. The molecule has 2 aliphatic heterocycles. The number of carbonyl (C=O) groups is 4. The molecular formula is C20H16N4O4. The summed E-state index contributed by atoms with van der Waals surface area (Å²) in [5, 5.41) is 8.01. The van der Waals surface area contributed by atoms with Crippen LogP contribution in [0.3, 0.4) is 0 Å². The van der Waals surface area contributed by atoms with Crippen molar-refractivity contribution in [3.05, 3.63) is 65.2 Å². The predicted octanol–water partition coefficient (Wildman–Crippen LogP) is 1.78. The molecule has 4 rings (SSSR count). The predicted molar refractivity (Wildman–Crippen MR) is 101 cm³/mol. The van der Waals surface area contributed by atoms with Gasteiger partial charge in [-0.25, -0.2) is 0 Å². The maximum atomic E-state index is 12.6. The summed E-state index contributed by atoms with van der Waals surface area (Å²) in [6.07, 6.45) is -0.0351. The van der Waals surface area contributed by atoms with Crippen LogP contribution in [0.1, 0.15) is 44.4 Å². The lowest BCUT2D eigenvalue weighted by molar-refractivity contribution is -0.116. The van der Waals surface area contributed by atoms with Crippen molar-refractivity contribution in [2.24, 2.45) is 5.10 Å². The number of anilines is 1. The van der Waals surface area contributed by atoms with Crippen LogP contribution in [-0.2, 0) is 4.79 Å². The molecule has 8 heteroatoms. The number of amidine groups is 1. The zero-order valence-corrected chi connectivity index (χ0v) is 15.0. The second-order valence-electron chi connectivity index (χ2n) is 6.33. The maximum Gasteiger partial charge on any atom is 0.261 e. The topological polar surface area (TPSA) is 99.2 Å². The van der Waals surface area contributed by atoms with E-state index in [-0.39, 0.29) is 47.3 Å². The van der Waals surface area contributed by atoms with Crippen LogP contribution >= 0.6 is 0 Å². The highest BCUT2D eigenvalue weighted by Crippen LogP contribution is 2.24. The van der Waals surface area contributed by atoms with E-state index in [0.717, 1.165) is 4.90 Å². The summed E-state index contributed by atoms with van der Waals surface area (Å²) in [6, 6.07) is 13.2. The Bertz CT molecular complexity index is 1050. The zero-order valence-electron chi connectivity index (χ0n) is 15.0. The number of hydrazone groups is 1. The molecule has 0 saturated carbocycles. The molecule has 0 fully saturated rings. The van der Waals surface area contributed by atoms with Crippen LogP contribution in [-0.4, -0.2) is 40.9 Å². The summed E-state index contributed by atoms with van der Waals surface area (Å²) in [7, 11) is 0. The number of benzene rings is 2. The second kappa shape index (κ2) is 6.73. The Balaban J connectivity index is 1.54. The molecule has 2 aromatic carbocycles. The van der Waals surface area contributed by atoms with E-state index < -0.39 is 11.8 Å². The highest BCUT2D eigenvalue weighted by molar-refractivity contribution is 6.23. The number of hydrogen-bond donors (Lipinski definition) is 1. The summed E-state index contributed by atoms with van der Waals surface area (Å²) in [6.45, 7) is 1.98. The molecule has 0 unspecified atom stereocenters. The number of nitrogens with one attached hydrogen (secondary N) is 1. The molecule has 2 heterocycles. The molecule has 1 N–H and O–H groups in total. The van der Waals surface area contributed by atoms with Crippen molar-refractivity contribution in [1.82, 2.24) is 10.2 Å².